The molecule has 4 rings (SSSR count). The van der Waals surface area contributed by atoms with Crippen molar-refractivity contribution in [2.45, 2.75) is 13.0 Å². The molecule has 1 N–H and O–H groups in total. The normalized spacial score (nSPS) is 19.3. The molecule has 9 heteroatoms. The molecule has 2 unspecified atom stereocenters. The molecule has 0 saturated carbocycles. The molecular formula is C18H16ClN5O2S. The number of aromatic nitrogens is 3. The van der Waals surface area contributed by atoms with Gasteiger partial charge in [-0.15, -0.1) is 0 Å². The number of rotatable bonds is 4. The van der Waals surface area contributed by atoms with Gasteiger partial charge >= 0.3 is 0 Å². The molecule has 3 aromatic rings. The van der Waals surface area contributed by atoms with Crippen molar-refractivity contribution in [3.63, 3.8) is 0 Å². The van der Waals surface area contributed by atoms with Crippen LogP contribution >= 0.6 is 11.6 Å². The van der Waals surface area contributed by atoms with Gasteiger partial charge in [-0.1, -0.05) is 17.7 Å². The lowest BCUT2D eigenvalue weighted by Crippen LogP contribution is -2.29. The quantitative estimate of drug-likeness (QED) is 0.717. The van der Waals surface area contributed by atoms with Crippen LogP contribution < -0.4 is 9.62 Å². The van der Waals surface area contributed by atoms with E-state index in [1.807, 2.05) is 37.3 Å². The zero-order valence-corrected chi connectivity index (χ0v) is 15.9. The molecule has 1 aliphatic rings. The minimum absolute atomic E-state index is 0.0148. The highest BCUT2D eigenvalue weighted by atomic mass is 35.5. The minimum atomic E-state index is -1.53. The van der Waals surface area contributed by atoms with Crippen LogP contribution in [-0.4, -0.2) is 31.8 Å². The number of benzene rings is 1. The third-order valence-electron chi connectivity index (χ3n) is 3.97. The van der Waals surface area contributed by atoms with Crippen LogP contribution in [0.15, 0.2) is 54.9 Å². The van der Waals surface area contributed by atoms with Crippen LogP contribution in [0.3, 0.4) is 0 Å². The molecule has 1 fully saturated rings. The van der Waals surface area contributed by atoms with Crippen molar-refractivity contribution in [2.24, 2.45) is 0 Å². The van der Waals surface area contributed by atoms with Gasteiger partial charge in [-0.3, -0.25) is 4.18 Å². The van der Waals surface area contributed by atoms with Crippen molar-refractivity contribution < 1.29 is 8.39 Å². The third kappa shape index (κ3) is 3.92. The third-order valence-corrected chi connectivity index (χ3v) is 5.42. The van der Waals surface area contributed by atoms with Gasteiger partial charge in [0.1, 0.15) is 5.82 Å². The summed E-state index contributed by atoms with van der Waals surface area (Å²) < 4.78 is 18.9. The SMILES string of the molecule is CC1COS(=O)N1c1cc(-c2ccnc(Nc3cccc(Cl)c3)n2)ccn1. The summed E-state index contributed by atoms with van der Waals surface area (Å²) in [4.78, 5) is 13.1. The monoisotopic (exact) mass is 401 g/mol. The highest BCUT2D eigenvalue weighted by Crippen LogP contribution is 2.27. The molecule has 0 spiro atoms. The number of hydrogen-bond donors (Lipinski definition) is 1. The molecule has 1 aliphatic heterocycles. The van der Waals surface area contributed by atoms with Gasteiger partial charge in [-0.25, -0.2) is 23.5 Å². The molecule has 2 atom stereocenters. The second-order valence-electron chi connectivity index (χ2n) is 5.98. The Labute approximate surface area is 164 Å². The first-order valence-electron chi connectivity index (χ1n) is 8.26. The van der Waals surface area contributed by atoms with Crippen LogP contribution in [-0.2, 0) is 15.4 Å². The largest absolute Gasteiger partial charge is 0.324 e. The molecule has 138 valence electrons. The molecule has 0 bridgehead atoms. The van der Waals surface area contributed by atoms with Crippen LogP contribution in [0, 0.1) is 0 Å². The molecule has 1 saturated heterocycles. The second kappa shape index (κ2) is 7.59. The van der Waals surface area contributed by atoms with E-state index in [1.54, 1.807) is 28.8 Å². The number of nitrogens with one attached hydrogen (secondary N) is 1. The predicted octanol–water partition coefficient (Wildman–Crippen LogP) is 3.74. The van der Waals surface area contributed by atoms with Crippen molar-refractivity contribution in [1.82, 2.24) is 15.0 Å². The fraction of sp³-hybridized carbons (Fsp3) is 0.167. The molecule has 0 aliphatic carbocycles. The Morgan fingerprint density at radius 1 is 1.22 bits per heavy atom. The Morgan fingerprint density at radius 2 is 2.07 bits per heavy atom. The summed E-state index contributed by atoms with van der Waals surface area (Å²) >= 11 is 4.49. The van der Waals surface area contributed by atoms with Gasteiger partial charge in [-0.2, -0.15) is 0 Å². The van der Waals surface area contributed by atoms with Gasteiger partial charge in [0, 0.05) is 28.7 Å². The van der Waals surface area contributed by atoms with Crippen LogP contribution in [0.4, 0.5) is 17.5 Å². The molecule has 3 heterocycles. The van der Waals surface area contributed by atoms with E-state index in [0.29, 0.717) is 23.4 Å². The summed E-state index contributed by atoms with van der Waals surface area (Å²) in [5.74, 6) is 1.04. The second-order valence-corrected chi connectivity index (χ2v) is 7.48. The van der Waals surface area contributed by atoms with Gasteiger partial charge in [-0.05, 0) is 43.3 Å². The summed E-state index contributed by atoms with van der Waals surface area (Å²) in [7, 11) is 0. The van der Waals surface area contributed by atoms with Gasteiger partial charge in [0.05, 0.1) is 18.3 Å². The van der Waals surface area contributed by atoms with Gasteiger partial charge in [0.25, 0.3) is 11.3 Å². The fourth-order valence-corrected chi connectivity index (χ4v) is 3.93. The van der Waals surface area contributed by atoms with E-state index in [4.69, 9.17) is 15.8 Å². The van der Waals surface area contributed by atoms with E-state index in [2.05, 4.69) is 20.3 Å². The topological polar surface area (TPSA) is 80.2 Å². The van der Waals surface area contributed by atoms with Crippen LogP contribution in [0.1, 0.15) is 6.92 Å². The van der Waals surface area contributed by atoms with Crippen molar-refractivity contribution in [3.05, 3.63) is 59.9 Å². The van der Waals surface area contributed by atoms with E-state index in [1.165, 1.54) is 0 Å². The summed E-state index contributed by atoms with van der Waals surface area (Å²) in [5, 5.41) is 3.77. The molecule has 7 nitrogen and oxygen atoms in total. The van der Waals surface area contributed by atoms with Crippen molar-refractivity contribution >= 4 is 40.3 Å². The highest BCUT2D eigenvalue weighted by molar-refractivity contribution is 7.82. The number of hydrogen-bond acceptors (Lipinski definition) is 6. The first-order chi connectivity index (χ1) is 13.1. The number of pyridine rings is 1. The Morgan fingerprint density at radius 3 is 2.85 bits per heavy atom. The van der Waals surface area contributed by atoms with E-state index in [0.717, 1.165) is 16.9 Å². The Kier molecular flexibility index (Phi) is 5.02. The first-order valence-corrected chi connectivity index (χ1v) is 9.67. The molecular weight excluding hydrogens is 386 g/mol. The number of nitrogens with zero attached hydrogens (tertiary/aromatic N) is 4. The summed E-state index contributed by atoms with van der Waals surface area (Å²) in [6, 6.07) is 12.8. The average Bonchev–Trinajstić information content (AvgIpc) is 3.00. The maximum Gasteiger partial charge on any atom is 0.266 e. The zero-order chi connectivity index (χ0) is 18.8. The Bertz CT molecular complexity index is 1000. The first kappa shape index (κ1) is 17.8. The molecule has 0 amide bonds. The summed E-state index contributed by atoms with van der Waals surface area (Å²) in [5.41, 5.74) is 2.36. The number of halogens is 1. The van der Waals surface area contributed by atoms with Gasteiger partial charge < -0.3 is 5.32 Å². The van der Waals surface area contributed by atoms with Crippen LogP contribution in [0.5, 0.6) is 0 Å². The highest BCUT2D eigenvalue weighted by Gasteiger charge is 2.30. The van der Waals surface area contributed by atoms with Gasteiger partial charge in [0.15, 0.2) is 0 Å². The van der Waals surface area contributed by atoms with Crippen molar-refractivity contribution in [3.8, 4) is 11.3 Å². The average molecular weight is 402 g/mol. The lowest BCUT2D eigenvalue weighted by molar-refractivity contribution is 0.366. The maximum atomic E-state index is 12.0. The van der Waals surface area contributed by atoms with Crippen molar-refractivity contribution in [2.75, 3.05) is 16.2 Å². The molecule has 27 heavy (non-hydrogen) atoms. The smallest absolute Gasteiger partial charge is 0.266 e. The molecule has 1 aromatic carbocycles. The van der Waals surface area contributed by atoms with E-state index in [-0.39, 0.29) is 6.04 Å². The van der Waals surface area contributed by atoms with E-state index < -0.39 is 11.3 Å². The fourth-order valence-electron chi connectivity index (χ4n) is 2.70. The summed E-state index contributed by atoms with van der Waals surface area (Å²) in [6.45, 7) is 2.34. The van der Waals surface area contributed by atoms with Crippen molar-refractivity contribution in [1.29, 1.82) is 0 Å². The standard InChI is InChI=1S/C18H16ClN5O2S/c1-12-11-26-27(25)24(12)17-9-13(5-7-20-17)16-6-8-21-18(23-16)22-15-4-2-3-14(19)10-15/h2-10,12H,11H2,1H3,(H,21,22,23). The Balaban J connectivity index is 1.62. The van der Waals surface area contributed by atoms with Gasteiger partial charge in [0.2, 0.25) is 5.95 Å². The van der Waals surface area contributed by atoms with E-state index in [9.17, 15) is 4.21 Å². The Hall–Kier alpha value is -2.55. The zero-order valence-electron chi connectivity index (χ0n) is 14.4. The molecule has 2 aromatic heterocycles. The maximum absolute atomic E-state index is 12.0. The number of anilines is 3. The lowest BCUT2D eigenvalue weighted by atomic mass is 10.2. The minimum Gasteiger partial charge on any atom is -0.324 e. The van der Waals surface area contributed by atoms with Crippen LogP contribution in [0.2, 0.25) is 5.02 Å². The van der Waals surface area contributed by atoms with E-state index >= 15 is 0 Å². The predicted molar refractivity (Wildman–Crippen MR) is 106 cm³/mol. The summed E-state index contributed by atoms with van der Waals surface area (Å²) in [6.07, 6.45) is 3.34. The molecule has 0 radical (unpaired) electrons. The lowest BCUT2D eigenvalue weighted by Gasteiger charge is -2.18. The van der Waals surface area contributed by atoms with Crippen LogP contribution in [0.25, 0.3) is 11.3 Å².